The molecule has 0 aromatic rings. The molecule has 0 saturated heterocycles. The van der Waals surface area contributed by atoms with E-state index in [0.29, 0.717) is 19.3 Å². The van der Waals surface area contributed by atoms with Crippen LogP contribution in [0.5, 0.6) is 0 Å². The third kappa shape index (κ3) is 2.93. The number of rotatable bonds is 2. The van der Waals surface area contributed by atoms with Crippen molar-refractivity contribution in [3.8, 4) is 0 Å². The number of alkyl halides is 3. The molecule has 0 radical (unpaired) electrons. The van der Waals surface area contributed by atoms with Crippen LogP contribution in [0.1, 0.15) is 79.1 Å². The van der Waals surface area contributed by atoms with Crippen molar-refractivity contribution in [1.82, 2.24) is 0 Å². The lowest BCUT2D eigenvalue weighted by Gasteiger charge is -2.64. The number of ether oxygens (including phenoxy) is 2. The molecule has 0 spiro atoms. The van der Waals surface area contributed by atoms with Gasteiger partial charge in [-0.1, -0.05) is 13.8 Å². The van der Waals surface area contributed by atoms with Gasteiger partial charge in [0, 0.05) is 37.5 Å². The topological polar surface area (TPSA) is 52.6 Å². The van der Waals surface area contributed by atoms with Crippen molar-refractivity contribution in [2.45, 2.75) is 103 Å². The molecule has 0 aliphatic heterocycles. The molecule has 170 valence electrons. The Balaban J connectivity index is 1.65. The minimum Gasteiger partial charge on any atom is -0.462 e. The van der Waals surface area contributed by atoms with Crippen LogP contribution in [0, 0.1) is 28.6 Å². The first-order valence-corrected chi connectivity index (χ1v) is 11.3. The smallest absolute Gasteiger partial charge is 0.302 e. The molecule has 0 N–H and O–H groups in total. The van der Waals surface area contributed by atoms with Gasteiger partial charge in [-0.15, -0.1) is 0 Å². The van der Waals surface area contributed by atoms with Crippen LogP contribution < -0.4 is 0 Å². The third-order valence-electron chi connectivity index (χ3n) is 9.28. The molecule has 8 atom stereocenters. The van der Waals surface area contributed by atoms with Crippen LogP contribution in [0.3, 0.4) is 0 Å². The van der Waals surface area contributed by atoms with Crippen molar-refractivity contribution in [2.24, 2.45) is 28.6 Å². The lowest BCUT2D eigenvalue weighted by atomic mass is 9.43. The van der Waals surface area contributed by atoms with Crippen LogP contribution in [-0.2, 0) is 19.1 Å². The van der Waals surface area contributed by atoms with Crippen molar-refractivity contribution in [1.29, 1.82) is 0 Å². The predicted octanol–water partition coefficient (Wildman–Crippen LogP) is 5.23. The zero-order chi connectivity index (χ0) is 22.1. The highest BCUT2D eigenvalue weighted by molar-refractivity contribution is 5.66. The summed E-state index contributed by atoms with van der Waals surface area (Å²) < 4.78 is 58.1. The Labute approximate surface area is 176 Å². The zero-order valence-electron chi connectivity index (χ0n) is 18.3. The summed E-state index contributed by atoms with van der Waals surface area (Å²) in [6.07, 6.45) is 1.57. The molecule has 7 heteroatoms. The SMILES string of the molecule is CC(=O)O[C@@H]1CC[C@]2(C)C3CC[C@@]4(C)C(CC[C@@H]4OC(C)=O)[C@@H]3CC(F)(F)[C@@]2(F)C1. The fourth-order valence-electron chi connectivity index (χ4n) is 7.86. The molecule has 0 bridgehead atoms. The summed E-state index contributed by atoms with van der Waals surface area (Å²) in [5, 5.41) is 0. The van der Waals surface area contributed by atoms with E-state index in [9.17, 15) is 9.59 Å². The Kier molecular flexibility index (Phi) is 5.02. The Morgan fingerprint density at radius 1 is 0.833 bits per heavy atom. The number of carbonyl (C=O) groups is 2. The van der Waals surface area contributed by atoms with Crippen molar-refractivity contribution < 1.29 is 32.2 Å². The highest BCUT2D eigenvalue weighted by atomic mass is 19.3. The molecule has 4 saturated carbocycles. The van der Waals surface area contributed by atoms with Gasteiger partial charge in [-0.05, 0) is 56.3 Å². The monoisotopic (exact) mass is 430 g/mol. The minimum atomic E-state index is -3.49. The molecular weight excluding hydrogens is 397 g/mol. The maximum Gasteiger partial charge on any atom is 0.302 e. The number of esters is 2. The first-order valence-electron chi connectivity index (χ1n) is 11.3. The quantitative estimate of drug-likeness (QED) is 0.563. The second kappa shape index (κ2) is 6.86. The van der Waals surface area contributed by atoms with E-state index in [1.807, 2.05) is 0 Å². The second-order valence-electron chi connectivity index (χ2n) is 10.7. The average molecular weight is 431 g/mol. The van der Waals surface area contributed by atoms with Crippen LogP contribution in [0.2, 0.25) is 0 Å². The molecule has 4 fully saturated rings. The molecule has 4 nitrogen and oxygen atoms in total. The Morgan fingerprint density at radius 2 is 1.50 bits per heavy atom. The van der Waals surface area contributed by atoms with Crippen LogP contribution >= 0.6 is 0 Å². The van der Waals surface area contributed by atoms with Gasteiger partial charge in [-0.3, -0.25) is 9.59 Å². The van der Waals surface area contributed by atoms with Gasteiger partial charge in [0.15, 0.2) is 5.67 Å². The maximum atomic E-state index is 16.3. The summed E-state index contributed by atoms with van der Waals surface area (Å²) in [5.74, 6) is -4.82. The molecule has 30 heavy (non-hydrogen) atoms. The van der Waals surface area contributed by atoms with Crippen molar-refractivity contribution >= 4 is 11.9 Å². The van der Waals surface area contributed by atoms with Crippen LogP contribution in [0.15, 0.2) is 0 Å². The Bertz CT molecular complexity index is 742. The Morgan fingerprint density at radius 3 is 2.13 bits per heavy atom. The van der Waals surface area contributed by atoms with Gasteiger partial charge in [0.05, 0.1) is 0 Å². The number of hydrogen-bond donors (Lipinski definition) is 0. The van der Waals surface area contributed by atoms with E-state index in [0.717, 1.165) is 12.8 Å². The first-order chi connectivity index (χ1) is 13.8. The van der Waals surface area contributed by atoms with Crippen LogP contribution in [-0.4, -0.2) is 35.7 Å². The first kappa shape index (κ1) is 21.9. The van der Waals surface area contributed by atoms with Crippen LogP contribution in [0.4, 0.5) is 13.2 Å². The standard InChI is InChI=1S/C23H33F3O4/c1-13(27)29-15-7-10-21(4)18-8-9-20(3)17(5-6-19(20)30-14(2)28)16(18)12-23(25,26)22(21,24)11-15/h15-19H,5-12H2,1-4H3/t15-,16+,17?,18?,19+,20+,21-,22-/m1/s1. The number of halogens is 3. The van der Waals surface area contributed by atoms with Gasteiger partial charge in [-0.25, -0.2) is 13.2 Å². The maximum absolute atomic E-state index is 16.3. The lowest BCUT2D eigenvalue weighted by molar-refractivity contribution is -0.295. The van der Waals surface area contributed by atoms with Crippen molar-refractivity contribution in [3.05, 3.63) is 0 Å². The normalized spacial score (nSPS) is 49.4. The molecule has 0 heterocycles. The Hall–Kier alpha value is -1.27. The number of carbonyl (C=O) groups excluding carboxylic acids is 2. The molecule has 2 unspecified atom stereocenters. The van der Waals surface area contributed by atoms with E-state index in [1.165, 1.54) is 13.8 Å². The van der Waals surface area contributed by atoms with Gasteiger partial charge in [0.25, 0.3) is 5.92 Å². The summed E-state index contributed by atoms with van der Waals surface area (Å²) in [6.45, 7) is 6.37. The summed E-state index contributed by atoms with van der Waals surface area (Å²) in [5.41, 5.74) is -4.16. The molecule has 0 aromatic heterocycles. The van der Waals surface area contributed by atoms with E-state index in [-0.39, 0.29) is 41.7 Å². The molecule has 0 amide bonds. The van der Waals surface area contributed by atoms with E-state index in [4.69, 9.17) is 9.47 Å². The number of hydrogen-bond acceptors (Lipinski definition) is 4. The summed E-state index contributed by atoms with van der Waals surface area (Å²) >= 11 is 0. The van der Waals surface area contributed by atoms with E-state index >= 15 is 13.2 Å². The van der Waals surface area contributed by atoms with E-state index in [2.05, 4.69) is 6.92 Å². The molecule has 4 rings (SSSR count). The van der Waals surface area contributed by atoms with Crippen LogP contribution in [0.25, 0.3) is 0 Å². The van der Waals surface area contributed by atoms with Gasteiger partial charge in [0.1, 0.15) is 12.2 Å². The molecule has 4 aliphatic carbocycles. The summed E-state index contributed by atoms with van der Waals surface area (Å²) in [7, 11) is 0. The third-order valence-corrected chi connectivity index (χ3v) is 9.28. The zero-order valence-corrected chi connectivity index (χ0v) is 18.3. The lowest BCUT2D eigenvalue weighted by Crippen LogP contribution is -2.69. The largest absolute Gasteiger partial charge is 0.462 e. The van der Waals surface area contributed by atoms with Gasteiger partial charge < -0.3 is 9.47 Å². The fraction of sp³-hybridized carbons (Fsp3) is 0.913. The van der Waals surface area contributed by atoms with Gasteiger partial charge in [0.2, 0.25) is 0 Å². The average Bonchev–Trinajstić information content (AvgIpc) is 2.93. The number of fused-ring (bicyclic) bond motifs is 5. The second-order valence-corrected chi connectivity index (χ2v) is 10.7. The predicted molar refractivity (Wildman–Crippen MR) is 104 cm³/mol. The summed E-state index contributed by atoms with van der Waals surface area (Å²) in [4.78, 5) is 22.9. The van der Waals surface area contributed by atoms with Crippen molar-refractivity contribution in [3.63, 3.8) is 0 Å². The van der Waals surface area contributed by atoms with E-state index < -0.39 is 41.9 Å². The van der Waals surface area contributed by atoms with Gasteiger partial charge >= 0.3 is 11.9 Å². The molecule has 4 aliphatic rings. The highest BCUT2D eigenvalue weighted by Crippen LogP contribution is 2.71. The van der Waals surface area contributed by atoms with E-state index in [1.54, 1.807) is 6.92 Å². The highest BCUT2D eigenvalue weighted by Gasteiger charge is 2.75. The minimum absolute atomic E-state index is 0.000886. The molecular formula is C23H33F3O4. The molecule has 0 aromatic carbocycles. The van der Waals surface area contributed by atoms with Gasteiger partial charge in [-0.2, -0.15) is 0 Å². The summed E-state index contributed by atoms with van der Waals surface area (Å²) in [6, 6.07) is 0. The fourth-order valence-corrected chi connectivity index (χ4v) is 7.86. The van der Waals surface area contributed by atoms with Crippen molar-refractivity contribution in [2.75, 3.05) is 0 Å².